The molecule has 0 spiro atoms. The SMILES string of the molecule is Cc1cccc(C(C)NC(C)c2ccco2)c1. The van der Waals surface area contributed by atoms with Gasteiger partial charge in [0.1, 0.15) is 5.76 Å². The minimum absolute atomic E-state index is 0.223. The molecule has 0 aliphatic carbocycles. The normalized spacial score (nSPS) is 14.5. The van der Waals surface area contributed by atoms with Crippen molar-refractivity contribution in [3.05, 3.63) is 59.5 Å². The predicted molar refractivity (Wildman–Crippen MR) is 69.9 cm³/mol. The van der Waals surface area contributed by atoms with Gasteiger partial charge in [-0.05, 0) is 38.5 Å². The van der Waals surface area contributed by atoms with Crippen molar-refractivity contribution in [3.8, 4) is 0 Å². The summed E-state index contributed by atoms with van der Waals surface area (Å²) >= 11 is 0. The van der Waals surface area contributed by atoms with Crippen molar-refractivity contribution in [2.45, 2.75) is 32.9 Å². The highest BCUT2D eigenvalue weighted by atomic mass is 16.3. The Hall–Kier alpha value is -1.54. The van der Waals surface area contributed by atoms with Gasteiger partial charge in [0.25, 0.3) is 0 Å². The van der Waals surface area contributed by atoms with E-state index in [1.165, 1.54) is 11.1 Å². The Kier molecular flexibility index (Phi) is 3.64. The summed E-state index contributed by atoms with van der Waals surface area (Å²) in [5.74, 6) is 0.976. The summed E-state index contributed by atoms with van der Waals surface area (Å²) < 4.78 is 5.39. The standard InChI is InChI=1S/C15H19NO/c1-11-6-4-7-14(10-11)12(2)16-13(3)15-8-5-9-17-15/h4-10,12-13,16H,1-3H3. The average molecular weight is 229 g/mol. The van der Waals surface area contributed by atoms with E-state index in [0.29, 0.717) is 6.04 Å². The molecular formula is C15H19NO. The zero-order valence-corrected chi connectivity index (χ0v) is 10.6. The summed E-state index contributed by atoms with van der Waals surface area (Å²) in [6.45, 7) is 6.41. The first-order chi connectivity index (χ1) is 8.16. The van der Waals surface area contributed by atoms with Crippen molar-refractivity contribution in [2.75, 3.05) is 0 Å². The first-order valence-electron chi connectivity index (χ1n) is 6.03. The Bertz CT molecular complexity index is 462. The molecule has 2 heteroatoms. The fourth-order valence-electron chi connectivity index (χ4n) is 2.03. The molecule has 17 heavy (non-hydrogen) atoms. The summed E-state index contributed by atoms with van der Waals surface area (Å²) in [5, 5.41) is 3.53. The number of hydrogen-bond donors (Lipinski definition) is 1. The van der Waals surface area contributed by atoms with Gasteiger partial charge in [0.15, 0.2) is 0 Å². The minimum Gasteiger partial charge on any atom is -0.468 e. The summed E-state index contributed by atoms with van der Waals surface area (Å²) in [6.07, 6.45) is 1.71. The van der Waals surface area contributed by atoms with E-state index in [1.807, 2.05) is 12.1 Å². The van der Waals surface area contributed by atoms with Crippen LogP contribution in [-0.2, 0) is 0 Å². The van der Waals surface area contributed by atoms with Gasteiger partial charge < -0.3 is 9.73 Å². The van der Waals surface area contributed by atoms with Crippen LogP contribution in [0.2, 0.25) is 0 Å². The van der Waals surface area contributed by atoms with Gasteiger partial charge in [0.05, 0.1) is 12.3 Å². The molecule has 2 nitrogen and oxygen atoms in total. The van der Waals surface area contributed by atoms with E-state index in [0.717, 1.165) is 5.76 Å². The Morgan fingerprint density at radius 2 is 1.88 bits per heavy atom. The largest absolute Gasteiger partial charge is 0.468 e. The average Bonchev–Trinajstić information content (AvgIpc) is 2.82. The summed E-state index contributed by atoms with van der Waals surface area (Å²) in [4.78, 5) is 0. The van der Waals surface area contributed by atoms with Crippen LogP contribution in [-0.4, -0.2) is 0 Å². The van der Waals surface area contributed by atoms with Crippen molar-refractivity contribution in [1.29, 1.82) is 0 Å². The van der Waals surface area contributed by atoms with Crippen LogP contribution >= 0.6 is 0 Å². The molecule has 0 fully saturated rings. The molecule has 90 valence electrons. The van der Waals surface area contributed by atoms with E-state index in [2.05, 4.69) is 50.4 Å². The summed E-state index contributed by atoms with van der Waals surface area (Å²) in [6, 6.07) is 13.0. The highest BCUT2D eigenvalue weighted by Crippen LogP contribution is 2.20. The lowest BCUT2D eigenvalue weighted by atomic mass is 10.0. The van der Waals surface area contributed by atoms with Crippen LogP contribution in [0.1, 0.15) is 42.8 Å². The number of hydrogen-bond acceptors (Lipinski definition) is 2. The first kappa shape index (κ1) is 11.9. The molecule has 0 aliphatic rings. The molecule has 2 aromatic rings. The Balaban J connectivity index is 2.04. The van der Waals surface area contributed by atoms with Gasteiger partial charge in [-0.1, -0.05) is 29.8 Å². The zero-order chi connectivity index (χ0) is 12.3. The monoisotopic (exact) mass is 229 g/mol. The van der Waals surface area contributed by atoms with E-state index in [1.54, 1.807) is 6.26 Å². The zero-order valence-electron chi connectivity index (χ0n) is 10.6. The van der Waals surface area contributed by atoms with Gasteiger partial charge in [-0.15, -0.1) is 0 Å². The predicted octanol–water partition coefficient (Wildman–Crippen LogP) is 4.00. The second kappa shape index (κ2) is 5.19. The number of aryl methyl sites for hydroxylation is 1. The molecule has 1 aromatic heterocycles. The maximum Gasteiger partial charge on any atom is 0.120 e. The van der Waals surface area contributed by atoms with Crippen LogP contribution in [0.15, 0.2) is 47.1 Å². The van der Waals surface area contributed by atoms with Crippen molar-refractivity contribution < 1.29 is 4.42 Å². The third-order valence-corrected chi connectivity index (χ3v) is 3.01. The van der Waals surface area contributed by atoms with Crippen molar-refractivity contribution in [2.24, 2.45) is 0 Å². The number of nitrogens with one attached hydrogen (secondary N) is 1. The van der Waals surface area contributed by atoms with Crippen LogP contribution in [0.5, 0.6) is 0 Å². The lowest BCUT2D eigenvalue weighted by Crippen LogP contribution is -2.22. The molecule has 2 atom stereocenters. The molecule has 2 rings (SSSR count). The molecule has 0 saturated heterocycles. The van der Waals surface area contributed by atoms with Crippen LogP contribution < -0.4 is 5.32 Å². The fourth-order valence-corrected chi connectivity index (χ4v) is 2.03. The lowest BCUT2D eigenvalue weighted by Gasteiger charge is -2.19. The number of rotatable bonds is 4. The van der Waals surface area contributed by atoms with Crippen LogP contribution in [0.3, 0.4) is 0 Å². The molecule has 0 radical (unpaired) electrons. The molecule has 2 unspecified atom stereocenters. The van der Waals surface area contributed by atoms with E-state index >= 15 is 0 Å². The Morgan fingerprint density at radius 1 is 1.06 bits per heavy atom. The molecule has 0 bridgehead atoms. The van der Waals surface area contributed by atoms with E-state index in [-0.39, 0.29) is 6.04 Å². The van der Waals surface area contributed by atoms with Crippen molar-refractivity contribution in [3.63, 3.8) is 0 Å². The molecule has 0 saturated carbocycles. The lowest BCUT2D eigenvalue weighted by molar-refractivity contribution is 0.403. The molecule has 1 heterocycles. The van der Waals surface area contributed by atoms with Crippen LogP contribution in [0.25, 0.3) is 0 Å². The smallest absolute Gasteiger partial charge is 0.120 e. The molecule has 1 N–H and O–H groups in total. The highest BCUT2D eigenvalue weighted by Gasteiger charge is 2.12. The molecule has 1 aromatic carbocycles. The third-order valence-electron chi connectivity index (χ3n) is 3.01. The van der Waals surface area contributed by atoms with Gasteiger partial charge in [-0.2, -0.15) is 0 Å². The number of furan rings is 1. The Morgan fingerprint density at radius 3 is 2.53 bits per heavy atom. The second-order valence-electron chi connectivity index (χ2n) is 4.54. The topological polar surface area (TPSA) is 25.2 Å². The third kappa shape index (κ3) is 2.98. The van der Waals surface area contributed by atoms with Crippen molar-refractivity contribution >= 4 is 0 Å². The Labute approximate surface area is 103 Å². The maximum absolute atomic E-state index is 5.39. The highest BCUT2D eigenvalue weighted by molar-refractivity contribution is 5.24. The quantitative estimate of drug-likeness (QED) is 0.857. The van der Waals surface area contributed by atoms with Crippen LogP contribution in [0.4, 0.5) is 0 Å². The van der Waals surface area contributed by atoms with Gasteiger partial charge in [-0.3, -0.25) is 0 Å². The van der Waals surface area contributed by atoms with Crippen LogP contribution in [0, 0.1) is 6.92 Å². The summed E-state index contributed by atoms with van der Waals surface area (Å²) in [7, 11) is 0. The van der Waals surface area contributed by atoms with Gasteiger partial charge in [0.2, 0.25) is 0 Å². The molecule has 0 aliphatic heterocycles. The second-order valence-corrected chi connectivity index (χ2v) is 4.54. The molecular weight excluding hydrogens is 210 g/mol. The number of benzene rings is 1. The van der Waals surface area contributed by atoms with E-state index in [4.69, 9.17) is 4.42 Å². The molecule has 0 amide bonds. The minimum atomic E-state index is 0.223. The van der Waals surface area contributed by atoms with E-state index < -0.39 is 0 Å². The summed E-state index contributed by atoms with van der Waals surface area (Å²) in [5.41, 5.74) is 2.60. The maximum atomic E-state index is 5.39. The van der Waals surface area contributed by atoms with Crippen molar-refractivity contribution in [1.82, 2.24) is 5.32 Å². The van der Waals surface area contributed by atoms with Gasteiger partial charge >= 0.3 is 0 Å². The van der Waals surface area contributed by atoms with E-state index in [9.17, 15) is 0 Å². The van der Waals surface area contributed by atoms with Gasteiger partial charge in [-0.25, -0.2) is 0 Å². The van der Waals surface area contributed by atoms with Gasteiger partial charge in [0, 0.05) is 6.04 Å². The first-order valence-corrected chi connectivity index (χ1v) is 6.03. The fraction of sp³-hybridized carbons (Fsp3) is 0.333.